The lowest BCUT2D eigenvalue weighted by Gasteiger charge is -2.19. The van der Waals surface area contributed by atoms with Crippen LogP contribution < -0.4 is 15.4 Å². The quantitative estimate of drug-likeness (QED) is 0.509. The maximum atomic E-state index is 14.4. The van der Waals surface area contributed by atoms with Gasteiger partial charge in [0.05, 0.1) is 12.6 Å². The minimum Gasteiger partial charge on any atom is -0.490 e. The second-order valence-electron chi connectivity index (χ2n) is 7.14. The van der Waals surface area contributed by atoms with E-state index in [4.69, 9.17) is 4.74 Å². The first-order valence-electron chi connectivity index (χ1n) is 10.0. The molecule has 0 radical (unpaired) electrons. The Morgan fingerprint density at radius 2 is 2.18 bits per heavy atom. The zero-order valence-electron chi connectivity index (χ0n) is 16.6. The van der Waals surface area contributed by atoms with Gasteiger partial charge in [-0.1, -0.05) is 12.1 Å². The van der Waals surface area contributed by atoms with Gasteiger partial charge in [-0.3, -0.25) is 9.98 Å². The standard InChI is InChI=1S/C22H29FN4O/c1-3-24-22(26-13-11-19-6-4-5-12-25-19)27-16(2)18-9-10-21(20(23)14-18)28-15-17-7-8-17/h4-6,9-10,12,14,16-17H,3,7-8,11,13,15H2,1-2H3,(H2,24,26,27). The molecule has 0 amide bonds. The first kappa shape index (κ1) is 20.1. The maximum absolute atomic E-state index is 14.4. The predicted molar refractivity (Wildman–Crippen MR) is 110 cm³/mol. The molecule has 0 spiro atoms. The lowest BCUT2D eigenvalue weighted by Crippen LogP contribution is -2.39. The molecule has 2 aromatic rings. The topological polar surface area (TPSA) is 58.5 Å². The molecule has 0 aliphatic heterocycles. The molecule has 28 heavy (non-hydrogen) atoms. The monoisotopic (exact) mass is 384 g/mol. The van der Waals surface area contributed by atoms with Crippen LogP contribution in [-0.4, -0.2) is 30.6 Å². The lowest BCUT2D eigenvalue weighted by atomic mass is 10.1. The molecule has 1 atom stereocenters. The Hall–Kier alpha value is -2.63. The van der Waals surface area contributed by atoms with E-state index in [1.165, 1.54) is 18.9 Å². The Balaban J connectivity index is 1.56. The molecule has 1 aliphatic carbocycles. The first-order valence-corrected chi connectivity index (χ1v) is 10.0. The molecule has 1 fully saturated rings. The molecule has 3 rings (SSSR count). The van der Waals surface area contributed by atoms with Gasteiger partial charge in [0, 0.05) is 31.4 Å². The fourth-order valence-corrected chi connectivity index (χ4v) is 2.83. The van der Waals surface area contributed by atoms with Crippen LogP contribution >= 0.6 is 0 Å². The summed E-state index contributed by atoms with van der Waals surface area (Å²) >= 11 is 0. The molecule has 150 valence electrons. The third-order valence-electron chi connectivity index (χ3n) is 4.69. The van der Waals surface area contributed by atoms with Gasteiger partial charge < -0.3 is 15.4 Å². The van der Waals surface area contributed by atoms with Crippen LogP contribution in [0.4, 0.5) is 4.39 Å². The Morgan fingerprint density at radius 3 is 2.86 bits per heavy atom. The predicted octanol–water partition coefficient (Wildman–Crippen LogP) is 3.87. The zero-order chi connectivity index (χ0) is 19.8. The number of rotatable bonds is 9. The van der Waals surface area contributed by atoms with Gasteiger partial charge in [-0.2, -0.15) is 0 Å². The van der Waals surface area contributed by atoms with Crippen LogP contribution in [0.15, 0.2) is 47.6 Å². The average molecular weight is 384 g/mol. The Kier molecular flexibility index (Phi) is 7.23. The van der Waals surface area contributed by atoms with Crippen molar-refractivity contribution in [1.82, 2.24) is 15.6 Å². The van der Waals surface area contributed by atoms with Crippen LogP contribution in [0.2, 0.25) is 0 Å². The van der Waals surface area contributed by atoms with Gasteiger partial charge >= 0.3 is 0 Å². The van der Waals surface area contributed by atoms with E-state index in [0.29, 0.717) is 30.8 Å². The first-order chi connectivity index (χ1) is 13.7. The molecule has 0 saturated heterocycles. The number of guanidine groups is 1. The minimum atomic E-state index is -0.316. The second-order valence-corrected chi connectivity index (χ2v) is 7.14. The van der Waals surface area contributed by atoms with Crippen molar-refractivity contribution in [3.8, 4) is 5.75 Å². The number of aliphatic imine (C=N–C) groups is 1. The number of halogens is 1. The van der Waals surface area contributed by atoms with Gasteiger partial charge in [-0.05, 0) is 62.4 Å². The number of benzene rings is 1. The number of hydrogen-bond donors (Lipinski definition) is 2. The second kappa shape index (κ2) is 10.1. The largest absolute Gasteiger partial charge is 0.490 e. The van der Waals surface area contributed by atoms with E-state index in [-0.39, 0.29) is 11.9 Å². The highest BCUT2D eigenvalue weighted by molar-refractivity contribution is 5.80. The molecule has 1 unspecified atom stereocenters. The van der Waals surface area contributed by atoms with Crippen LogP contribution in [0.3, 0.4) is 0 Å². The summed E-state index contributed by atoms with van der Waals surface area (Å²) in [4.78, 5) is 8.92. The Labute approximate surface area is 166 Å². The highest BCUT2D eigenvalue weighted by atomic mass is 19.1. The Bertz CT molecular complexity index is 777. The van der Waals surface area contributed by atoms with E-state index < -0.39 is 0 Å². The fourth-order valence-electron chi connectivity index (χ4n) is 2.83. The number of nitrogens with one attached hydrogen (secondary N) is 2. The van der Waals surface area contributed by atoms with Crippen molar-refractivity contribution in [1.29, 1.82) is 0 Å². The van der Waals surface area contributed by atoms with E-state index in [2.05, 4.69) is 20.6 Å². The van der Waals surface area contributed by atoms with Crippen molar-refractivity contribution in [2.75, 3.05) is 19.7 Å². The van der Waals surface area contributed by atoms with Crippen molar-refractivity contribution >= 4 is 5.96 Å². The molecule has 1 aromatic heterocycles. The number of ether oxygens (including phenoxy) is 1. The lowest BCUT2D eigenvalue weighted by molar-refractivity contribution is 0.285. The van der Waals surface area contributed by atoms with E-state index in [1.54, 1.807) is 12.3 Å². The zero-order valence-corrected chi connectivity index (χ0v) is 16.6. The molecule has 5 nitrogen and oxygen atoms in total. The minimum absolute atomic E-state index is 0.0837. The van der Waals surface area contributed by atoms with E-state index in [9.17, 15) is 4.39 Å². The molecule has 2 N–H and O–H groups in total. The number of pyridine rings is 1. The molecule has 1 saturated carbocycles. The van der Waals surface area contributed by atoms with Crippen LogP contribution in [0.5, 0.6) is 5.75 Å². The highest BCUT2D eigenvalue weighted by Gasteiger charge is 2.22. The normalized spacial score (nSPS) is 15.2. The maximum Gasteiger partial charge on any atom is 0.191 e. The molecular weight excluding hydrogens is 355 g/mol. The van der Waals surface area contributed by atoms with E-state index in [0.717, 1.165) is 24.2 Å². The molecule has 0 bridgehead atoms. The molecule has 1 aliphatic rings. The van der Waals surface area contributed by atoms with E-state index >= 15 is 0 Å². The van der Waals surface area contributed by atoms with Gasteiger partial charge in [0.15, 0.2) is 17.5 Å². The molecular formula is C22H29FN4O. The molecule has 1 heterocycles. The smallest absolute Gasteiger partial charge is 0.191 e. The number of aromatic nitrogens is 1. The van der Waals surface area contributed by atoms with Crippen LogP contribution in [0.25, 0.3) is 0 Å². The van der Waals surface area contributed by atoms with Crippen molar-refractivity contribution in [2.24, 2.45) is 10.9 Å². The summed E-state index contributed by atoms with van der Waals surface area (Å²) in [6, 6.07) is 11.0. The summed E-state index contributed by atoms with van der Waals surface area (Å²) in [7, 11) is 0. The summed E-state index contributed by atoms with van der Waals surface area (Å²) in [5.41, 5.74) is 1.87. The van der Waals surface area contributed by atoms with Gasteiger partial charge in [0.25, 0.3) is 0 Å². The average Bonchev–Trinajstić information content (AvgIpc) is 3.52. The van der Waals surface area contributed by atoms with Crippen molar-refractivity contribution in [2.45, 2.75) is 39.2 Å². The van der Waals surface area contributed by atoms with Crippen LogP contribution in [0, 0.1) is 11.7 Å². The van der Waals surface area contributed by atoms with Gasteiger partial charge in [-0.25, -0.2) is 4.39 Å². The highest BCUT2D eigenvalue weighted by Crippen LogP contribution is 2.30. The summed E-state index contributed by atoms with van der Waals surface area (Å²) in [6.07, 6.45) is 4.94. The van der Waals surface area contributed by atoms with Crippen molar-refractivity contribution in [3.05, 3.63) is 59.7 Å². The summed E-state index contributed by atoms with van der Waals surface area (Å²) in [6.45, 7) is 6.00. The SMILES string of the molecule is CCNC(=NCCc1ccccn1)NC(C)c1ccc(OCC2CC2)c(F)c1. The fraction of sp³-hybridized carbons (Fsp3) is 0.455. The summed E-state index contributed by atoms with van der Waals surface area (Å²) in [5.74, 6) is 1.33. The third kappa shape index (κ3) is 6.22. The summed E-state index contributed by atoms with van der Waals surface area (Å²) < 4.78 is 19.9. The van der Waals surface area contributed by atoms with Gasteiger partial charge in [0.1, 0.15) is 0 Å². The number of hydrogen-bond acceptors (Lipinski definition) is 3. The number of nitrogens with zero attached hydrogens (tertiary/aromatic N) is 2. The van der Waals surface area contributed by atoms with Crippen molar-refractivity contribution < 1.29 is 9.13 Å². The van der Waals surface area contributed by atoms with Gasteiger partial charge in [-0.15, -0.1) is 0 Å². The van der Waals surface area contributed by atoms with E-state index in [1.807, 2.05) is 38.1 Å². The third-order valence-corrected chi connectivity index (χ3v) is 4.69. The van der Waals surface area contributed by atoms with Gasteiger partial charge in [0.2, 0.25) is 0 Å². The Morgan fingerprint density at radius 1 is 1.32 bits per heavy atom. The molecule has 6 heteroatoms. The van der Waals surface area contributed by atoms with Crippen LogP contribution in [-0.2, 0) is 6.42 Å². The van der Waals surface area contributed by atoms with Crippen molar-refractivity contribution in [3.63, 3.8) is 0 Å². The summed E-state index contributed by atoms with van der Waals surface area (Å²) in [5, 5.41) is 6.57. The molecule has 1 aromatic carbocycles. The van der Waals surface area contributed by atoms with Crippen LogP contribution in [0.1, 0.15) is 44.0 Å².